The molecule has 0 atom stereocenters. The van der Waals surface area contributed by atoms with Gasteiger partial charge in [-0.2, -0.15) is 0 Å². The lowest BCUT2D eigenvalue weighted by Gasteiger charge is -2.29. The average Bonchev–Trinajstić information content (AvgIpc) is 2.32. The SMILES string of the molecule is O=CNC1(C(=O)O)CCCCCCCCCCC1. The van der Waals surface area contributed by atoms with E-state index in [0.717, 1.165) is 25.7 Å². The van der Waals surface area contributed by atoms with Gasteiger partial charge in [0, 0.05) is 0 Å². The molecule has 4 heteroatoms. The summed E-state index contributed by atoms with van der Waals surface area (Å²) >= 11 is 0. The summed E-state index contributed by atoms with van der Waals surface area (Å²) in [6.07, 6.45) is 11.7. The molecule has 0 aromatic heterocycles. The number of carbonyl (C=O) groups excluding carboxylic acids is 1. The summed E-state index contributed by atoms with van der Waals surface area (Å²) in [6.45, 7) is 0. The molecule has 0 unspecified atom stereocenters. The molecule has 0 aliphatic heterocycles. The van der Waals surface area contributed by atoms with E-state index < -0.39 is 11.5 Å². The number of amides is 1. The molecular formula is C14H25NO3. The molecule has 1 amide bonds. The van der Waals surface area contributed by atoms with Gasteiger partial charge in [-0.05, 0) is 12.8 Å². The van der Waals surface area contributed by atoms with E-state index in [2.05, 4.69) is 5.32 Å². The van der Waals surface area contributed by atoms with Gasteiger partial charge in [-0.1, -0.05) is 57.8 Å². The highest BCUT2D eigenvalue weighted by Crippen LogP contribution is 2.24. The van der Waals surface area contributed by atoms with E-state index in [9.17, 15) is 14.7 Å². The normalized spacial score (nSPS) is 22.2. The van der Waals surface area contributed by atoms with Crippen LogP contribution in [0, 0.1) is 0 Å². The third-order valence-corrected chi connectivity index (χ3v) is 3.95. The van der Waals surface area contributed by atoms with Gasteiger partial charge in [0.1, 0.15) is 5.54 Å². The van der Waals surface area contributed by atoms with Gasteiger partial charge in [0.15, 0.2) is 0 Å². The van der Waals surface area contributed by atoms with Crippen LogP contribution in [0.5, 0.6) is 0 Å². The highest BCUT2D eigenvalue weighted by molar-refractivity contribution is 5.81. The van der Waals surface area contributed by atoms with Crippen LogP contribution in [0.3, 0.4) is 0 Å². The van der Waals surface area contributed by atoms with Crippen molar-refractivity contribution >= 4 is 12.4 Å². The third-order valence-electron chi connectivity index (χ3n) is 3.95. The topological polar surface area (TPSA) is 66.4 Å². The van der Waals surface area contributed by atoms with Crippen molar-refractivity contribution in [2.24, 2.45) is 0 Å². The molecular weight excluding hydrogens is 230 g/mol. The van der Waals surface area contributed by atoms with Gasteiger partial charge in [0.2, 0.25) is 6.41 Å². The molecule has 0 spiro atoms. The summed E-state index contributed by atoms with van der Waals surface area (Å²) in [5.74, 6) is -0.883. The van der Waals surface area contributed by atoms with Crippen molar-refractivity contribution in [2.75, 3.05) is 0 Å². The Morgan fingerprint density at radius 3 is 1.61 bits per heavy atom. The lowest BCUT2D eigenvalue weighted by atomic mass is 9.85. The second-order valence-electron chi connectivity index (χ2n) is 5.33. The summed E-state index contributed by atoms with van der Waals surface area (Å²) in [5, 5.41) is 12.0. The molecule has 2 N–H and O–H groups in total. The predicted molar refractivity (Wildman–Crippen MR) is 70.4 cm³/mol. The highest BCUT2D eigenvalue weighted by Gasteiger charge is 2.36. The van der Waals surface area contributed by atoms with E-state index >= 15 is 0 Å². The molecule has 1 saturated carbocycles. The summed E-state index contributed by atoms with van der Waals surface area (Å²) in [7, 11) is 0. The zero-order chi connectivity index (χ0) is 13.3. The summed E-state index contributed by atoms with van der Waals surface area (Å²) in [5.41, 5.74) is -1.03. The molecule has 0 aromatic rings. The quantitative estimate of drug-likeness (QED) is 0.762. The van der Waals surface area contributed by atoms with Gasteiger partial charge >= 0.3 is 5.97 Å². The Bertz CT molecular complexity index is 254. The minimum Gasteiger partial charge on any atom is -0.480 e. The zero-order valence-corrected chi connectivity index (χ0v) is 11.1. The van der Waals surface area contributed by atoms with Gasteiger partial charge in [-0.3, -0.25) is 4.79 Å². The molecule has 0 bridgehead atoms. The molecule has 0 radical (unpaired) electrons. The van der Waals surface area contributed by atoms with Crippen LogP contribution in [-0.2, 0) is 9.59 Å². The van der Waals surface area contributed by atoms with Crippen molar-refractivity contribution in [3.8, 4) is 0 Å². The van der Waals surface area contributed by atoms with E-state index in [0.29, 0.717) is 19.3 Å². The third kappa shape index (κ3) is 4.67. The predicted octanol–water partition coefficient (Wildman–Crippen LogP) is 2.86. The van der Waals surface area contributed by atoms with Gasteiger partial charge < -0.3 is 10.4 Å². The standard InChI is InChI=1S/C14H25NO3/c16-12-15-14(13(17)18)10-8-6-4-2-1-3-5-7-9-11-14/h12H,1-11H2,(H,15,16)(H,17,18). The fourth-order valence-electron chi connectivity index (χ4n) is 2.75. The fraction of sp³-hybridized carbons (Fsp3) is 0.857. The molecule has 1 rings (SSSR count). The van der Waals surface area contributed by atoms with E-state index in [1.165, 1.54) is 32.1 Å². The lowest BCUT2D eigenvalue weighted by Crippen LogP contribution is -2.51. The van der Waals surface area contributed by atoms with E-state index in [1.807, 2.05) is 0 Å². The molecule has 0 saturated heterocycles. The van der Waals surface area contributed by atoms with Crippen LogP contribution in [0.4, 0.5) is 0 Å². The van der Waals surface area contributed by atoms with Crippen molar-refractivity contribution in [3.63, 3.8) is 0 Å². The Morgan fingerprint density at radius 1 is 0.889 bits per heavy atom. The summed E-state index contributed by atoms with van der Waals surface area (Å²) < 4.78 is 0. The Kier molecular flexibility index (Phi) is 6.76. The van der Waals surface area contributed by atoms with Gasteiger partial charge in [-0.25, -0.2) is 4.79 Å². The number of aliphatic carboxylic acids is 1. The molecule has 4 nitrogen and oxygen atoms in total. The smallest absolute Gasteiger partial charge is 0.329 e. The van der Waals surface area contributed by atoms with Crippen LogP contribution in [0.15, 0.2) is 0 Å². The van der Waals surface area contributed by atoms with Crippen LogP contribution in [0.25, 0.3) is 0 Å². The van der Waals surface area contributed by atoms with Gasteiger partial charge in [0.25, 0.3) is 0 Å². The first-order valence-electron chi connectivity index (χ1n) is 7.16. The second kappa shape index (κ2) is 8.11. The largest absolute Gasteiger partial charge is 0.480 e. The number of carboxylic acid groups (broad SMARTS) is 1. The number of carbonyl (C=O) groups is 2. The first kappa shape index (κ1) is 15.0. The monoisotopic (exact) mass is 255 g/mol. The number of rotatable bonds is 3. The molecule has 1 aliphatic carbocycles. The minimum absolute atomic E-state index is 0.542. The van der Waals surface area contributed by atoms with Crippen molar-refractivity contribution in [1.29, 1.82) is 0 Å². The van der Waals surface area contributed by atoms with E-state index in [-0.39, 0.29) is 0 Å². The number of carboxylic acids is 1. The Hall–Kier alpha value is -1.06. The van der Waals surface area contributed by atoms with Gasteiger partial charge in [-0.15, -0.1) is 0 Å². The number of hydrogen-bond acceptors (Lipinski definition) is 2. The second-order valence-corrected chi connectivity index (χ2v) is 5.33. The van der Waals surface area contributed by atoms with Crippen molar-refractivity contribution < 1.29 is 14.7 Å². The average molecular weight is 255 g/mol. The molecule has 1 fully saturated rings. The zero-order valence-electron chi connectivity index (χ0n) is 11.1. The Morgan fingerprint density at radius 2 is 1.28 bits per heavy atom. The van der Waals surface area contributed by atoms with Crippen LogP contribution in [-0.4, -0.2) is 23.0 Å². The molecule has 104 valence electrons. The first-order valence-corrected chi connectivity index (χ1v) is 7.16. The maximum absolute atomic E-state index is 11.5. The maximum atomic E-state index is 11.5. The lowest BCUT2D eigenvalue weighted by molar-refractivity contribution is -0.147. The fourth-order valence-corrected chi connectivity index (χ4v) is 2.75. The van der Waals surface area contributed by atoms with Crippen LogP contribution < -0.4 is 5.32 Å². The van der Waals surface area contributed by atoms with Crippen LogP contribution >= 0.6 is 0 Å². The summed E-state index contributed by atoms with van der Waals surface area (Å²) in [4.78, 5) is 22.1. The molecule has 0 heterocycles. The van der Waals surface area contributed by atoms with Gasteiger partial charge in [0.05, 0.1) is 0 Å². The van der Waals surface area contributed by atoms with Crippen molar-refractivity contribution in [2.45, 2.75) is 76.2 Å². The Balaban J connectivity index is 2.62. The van der Waals surface area contributed by atoms with Crippen LogP contribution in [0.1, 0.15) is 70.6 Å². The molecule has 1 aliphatic rings. The summed E-state index contributed by atoms with van der Waals surface area (Å²) in [6, 6.07) is 0. The maximum Gasteiger partial charge on any atom is 0.329 e. The van der Waals surface area contributed by atoms with Crippen molar-refractivity contribution in [3.05, 3.63) is 0 Å². The number of nitrogens with one attached hydrogen (secondary N) is 1. The van der Waals surface area contributed by atoms with Crippen LogP contribution in [0.2, 0.25) is 0 Å². The molecule has 18 heavy (non-hydrogen) atoms. The Labute approximate surface area is 109 Å². The first-order chi connectivity index (χ1) is 8.71. The number of hydrogen-bond donors (Lipinski definition) is 2. The van der Waals surface area contributed by atoms with E-state index in [4.69, 9.17) is 0 Å². The molecule has 0 aromatic carbocycles. The minimum atomic E-state index is -1.03. The highest BCUT2D eigenvalue weighted by atomic mass is 16.4. The van der Waals surface area contributed by atoms with E-state index in [1.54, 1.807) is 0 Å². The van der Waals surface area contributed by atoms with Crippen molar-refractivity contribution in [1.82, 2.24) is 5.32 Å².